The molecule has 2 nitrogen and oxygen atoms in total. The summed E-state index contributed by atoms with van der Waals surface area (Å²) >= 11 is 0. The molecule has 0 bridgehead atoms. The van der Waals surface area contributed by atoms with Crippen LogP contribution in [0.1, 0.15) is 26.7 Å². The summed E-state index contributed by atoms with van der Waals surface area (Å²) in [6.45, 7) is 3.97. The number of rotatable bonds is 3. The Balaban J connectivity index is 3.49. The molecule has 0 aliphatic heterocycles. The normalized spacial score (nSPS) is 15.7. The third kappa shape index (κ3) is 5.37. The van der Waals surface area contributed by atoms with Crippen LogP contribution in [0.3, 0.4) is 0 Å². The summed E-state index contributed by atoms with van der Waals surface area (Å²) in [5.41, 5.74) is 11.8. The van der Waals surface area contributed by atoms with Crippen molar-refractivity contribution >= 4 is 0 Å². The fourth-order valence-electron chi connectivity index (χ4n) is 0.754. The predicted octanol–water partition coefficient (Wildman–Crippen LogP) is 0.976. The molecule has 0 radical (unpaired) electrons. The highest BCUT2D eigenvalue weighted by molar-refractivity contribution is 4.98. The van der Waals surface area contributed by atoms with Crippen molar-refractivity contribution in [3.63, 3.8) is 0 Å². The molecule has 0 rings (SSSR count). The molecule has 2 heteroatoms. The Morgan fingerprint density at radius 3 is 2.56 bits per heavy atom. The van der Waals surface area contributed by atoms with E-state index in [4.69, 9.17) is 11.5 Å². The van der Waals surface area contributed by atoms with Gasteiger partial charge in [0.25, 0.3) is 0 Å². The molecule has 0 heterocycles. The Hall–Kier alpha value is -0.500. The van der Waals surface area contributed by atoms with Crippen molar-refractivity contribution in [3.8, 4) is 0 Å². The first-order valence-corrected chi connectivity index (χ1v) is 3.36. The first kappa shape index (κ1) is 8.50. The van der Waals surface area contributed by atoms with Gasteiger partial charge in [0, 0.05) is 11.7 Å². The van der Waals surface area contributed by atoms with Crippen LogP contribution in [0.15, 0.2) is 11.8 Å². The lowest BCUT2D eigenvalue weighted by atomic mass is 10.1. The minimum absolute atomic E-state index is 0.153. The highest BCUT2D eigenvalue weighted by atomic mass is 14.6. The largest absolute Gasteiger partial charge is 0.402 e. The maximum absolute atomic E-state index is 5.63. The van der Waals surface area contributed by atoms with Gasteiger partial charge < -0.3 is 11.5 Å². The molecule has 1 unspecified atom stereocenters. The van der Waals surface area contributed by atoms with E-state index in [0.29, 0.717) is 0 Å². The molecule has 4 N–H and O–H groups in total. The lowest BCUT2D eigenvalue weighted by Crippen LogP contribution is -2.17. The van der Waals surface area contributed by atoms with Gasteiger partial charge in [0.1, 0.15) is 0 Å². The summed E-state index contributed by atoms with van der Waals surface area (Å²) in [6.07, 6.45) is 4.03. The minimum Gasteiger partial charge on any atom is -0.402 e. The highest BCUT2D eigenvalue weighted by Gasteiger charge is 1.93. The van der Waals surface area contributed by atoms with Gasteiger partial charge in [-0.15, -0.1) is 0 Å². The Kier molecular flexibility index (Phi) is 4.14. The molecule has 9 heavy (non-hydrogen) atoms. The number of hydrogen-bond acceptors (Lipinski definition) is 2. The molecular weight excluding hydrogens is 112 g/mol. The molecule has 54 valence electrons. The molecule has 0 aromatic heterocycles. The molecule has 0 amide bonds. The van der Waals surface area contributed by atoms with Crippen LogP contribution in [-0.4, -0.2) is 6.04 Å². The van der Waals surface area contributed by atoms with E-state index < -0.39 is 0 Å². The van der Waals surface area contributed by atoms with Crippen LogP contribution in [0.4, 0.5) is 0 Å². The average Bonchev–Trinajstić information content (AvgIpc) is 1.63. The molecule has 1 atom stereocenters. The fraction of sp³-hybridized carbons (Fsp3) is 0.714. The number of allylic oxidation sites excluding steroid dienone is 1. The fourth-order valence-corrected chi connectivity index (χ4v) is 0.754. The maximum Gasteiger partial charge on any atom is 0.0243 e. The summed E-state index contributed by atoms with van der Waals surface area (Å²) < 4.78 is 0. The Morgan fingerprint density at radius 2 is 2.22 bits per heavy atom. The van der Waals surface area contributed by atoms with Crippen LogP contribution in [0.25, 0.3) is 0 Å². The molecule has 0 aliphatic rings. The second-order valence-electron chi connectivity index (χ2n) is 2.36. The van der Waals surface area contributed by atoms with Crippen molar-refractivity contribution < 1.29 is 0 Å². The van der Waals surface area contributed by atoms with Crippen molar-refractivity contribution in [2.24, 2.45) is 11.5 Å². The molecule has 0 saturated heterocycles. The van der Waals surface area contributed by atoms with E-state index >= 15 is 0 Å². The molecule has 0 aromatic rings. The van der Waals surface area contributed by atoms with Gasteiger partial charge in [-0.2, -0.15) is 0 Å². The topological polar surface area (TPSA) is 52.0 Å². The van der Waals surface area contributed by atoms with Crippen molar-refractivity contribution in [1.29, 1.82) is 0 Å². The minimum atomic E-state index is 0.153. The second-order valence-corrected chi connectivity index (χ2v) is 2.36. The highest BCUT2D eigenvalue weighted by Crippen LogP contribution is 1.95. The standard InChI is InChI=1S/C7H16N2/c1-3-4-7(9)5-6(2)8/h5,7H,3-4,8-9H2,1-2H3/b6-5+. The van der Waals surface area contributed by atoms with E-state index in [1.165, 1.54) is 0 Å². The van der Waals surface area contributed by atoms with Crippen LogP contribution < -0.4 is 11.5 Å². The predicted molar refractivity (Wildman–Crippen MR) is 40.8 cm³/mol. The second kappa shape index (κ2) is 4.39. The summed E-state index contributed by atoms with van der Waals surface area (Å²) in [5, 5.41) is 0. The third-order valence-electron chi connectivity index (χ3n) is 1.10. The van der Waals surface area contributed by atoms with Crippen LogP contribution >= 0.6 is 0 Å². The maximum atomic E-state index is 5.63. The number of hydrogen-bond donors (Lipinski definition) is 2. The van der Waals surface area contributed by atoms with Crippen molar-refractivity contribution in [2.75, 3.05) is 0 Å². The zero-order valence-corrected chi connectivity index (χ0v) is 6.22. The van der Waals surface area contributed by atoms with Crippen LogP contribution in [0.5, 0.6) is 0 Å². The lowest BCUT2D eigenvalue weighted by molar-refractivity contribution is 0.699. The molecule has 0 saturated carbocycles. The van der Waals surface area contributed by atoms with Gasteiger partial charge in [-0.3, -0.25) is 0 Å². The van der Waals surface area contributed by atoms with Gasteiger partial charge in [-0.25, -0.2) is 0 Å². The molecule has 0 fully saturated rings. The zero-order valence-electron chi connectivity index (χ0n) is 6.22. The summed E-state index contributed by atoms with van der Waals surface area (Å²) in [6, 6.07) is 0.153. The van der Waals surface area contributed by atoms with Gasteiger partial charge in [0.2, 0.25) is 0 Å². The monoisotopic (exact) mass is 128 g/mol. The quantitative estimate of drug-likeness (QED) is 0.595. The van der Waals surface area contributed by atoms with Gasteiger partial charge in [0.05, 0.1) is 0 Å². The summed E-state index contributed by atoms with van der Waals surface area (Å²) in [4.78, 5) is 0. The van der Waals surface area contributed by atoms with E-state index in [0.717, 1.165) is 18.5 Å². The lowest BCUT2D eigenvalue weighted by Gasteiger charge is -2.03. The SMILES string of the molecule is CCCC(N)/C=C(\C)N. The Labute approximate surface area is 56.9 Å². The third-order valence-corrected chi connectivity index (χ3v) is 1.10. The summed E-state index contributed by atoms with van der Waals surface area (Å²) in [5.74, 6) is 0. The van der Waals surface area contributed by atoms with E-state index in [1.54, 1.807) is 0 Å². The summed E-state index contributed by atoms with van der Waals surface area (Å²) in [7, 11) is 0. The van der Waals surface area contributed by atoms with E-state index in [2.05, 4.69) is 6.92 Å². The zero-order chi connectivity index (χ0) is 7.28. The molecular formula is C7H16N2. The Bertz CT molecular complexity index is 93.1. The van der Waals surface area contributed by atoms with Crippen LogP contribution in [-0.2, 0) is 0 Å². The first-order chi connectivity index (χ1) is 4.16. The van der Waals surface area contributed by atoms with E-state index in [9.17, 15) is 0 Å². The number of nitrogens with two attached hydrogens (primary N) is 2. The van der Waals surface area contributed by atoms with Gasteiger partial charge in [0.15, 0.2) is 0 Å². The molecule has 0 spiro atoms. The van der Waals surface area contributed by atoms with Gasteiger partial charge >= 0.3 is 0 Å². The van der Waals surface area contributed by atoms with E-state index in [1.807, 2.05) is 13.0 Å². The van der Waals surface area contributed by atoms with Crippen LogP contribution in [0.2, 0.25) is 0 Å². The smallest absolute Gasteiger partial charge is 0.0243 e. The van der Waals surface area contributed by atoms with Crippen LogP contribution in [0, 0.1) is 0 Å². The van der Waals surface area contributed by atoms with Crippen molar-refractivity contribution in [2.45, 2.75) is 32.7 Å². The first-order valence-electron chi connectivity index (χ1n) is 3.36. The van der Waals surface area contributed by atoms with Gasteiger partial charge in [-0.05, 0) is 19.4 Å². The van der Waals surface area contributed by atoms with E-state index in [-0.39, 0.29) is 6.04 Å². The van der Waals surface area contributed by atoms with Crippen molar-refractivity contribution in [1.82, 2.24) is 0 Å². The Morgan fingerprint density at radius 1 is 1.67 bits per heavy atom. The van der Waals surface area contributed by atoms with Crippen molar-refractivity contribution in [3.05, 3.63) is 11.8 Å². The molecule has 0 aliphatic carbocycles. The van der Waals surface area contributed by atoms with Gasteiger partial charge in [-0.1, -0.05) is 13.3 Å². The molecule has 0 aromatic carbocycles. The average molecular weight is 128 g/mol.